The third-order valence-corrected chi connectivity index (χ3v) is 3.47. The summed E-state index contributed by atoms with van der Waals surface area (Å²) in [7, 11) is 1.67. The maximum absolute atomic E-state index is 11.1. The molecule has 0 spiro atoms. The quantitative estimate of drug-likeness (QED) is 0.751. The highest BCUT2D eigenvalue weighted by Crippen LogP contribution is 2.19. The van der Waals surface area contributed by atoms with Crippen molar-refractivity contribution < 1.29 is 8.42 Å². The minimum Gasteiger partial charge on any atom is -0.207 e. The van der Waals surface area contributed by atoms with E-state index in [1.165, 1.54) is 6.07 Å². The van der Waals surface area contributed by atoms with Crippen LogP contribution in [0.2, 0.25) is 0 Å². The van der Waals surface area contributed by atoms with Crippen LogP contribution in [0.4, 0.5) is 0 Å². The molecule has 0 amide bonds. The fraction of sp³-hybridized carbons (Fsp3) is 0.400. The van der Waals surface area contributed by atoms with E-state index in [1.54, 1.807) is 12.1 Å². The van der Waals surface area contributed by atoms with Crippen LogP contribution in [0.25, 0.3) is 0 Å². The van der Waals surface area contributed by atoms with Crippen LogP contribution >= 0.6 is 10.7 Å². The Balaban J connectivity index is 3.20. The second-order valence-electron chi connectivity index (χ2n) is 3.28. The van der Waals surface area contributed by atoms with Gasteiger partial charge in [-0.3, -0.25) is 0 Å². The smallest absolute Gasteiger partial charge is 0.207 e. The van der Waals surface area contributed by atoms with E-state index in [0.717, 1.165) is 24.0 Å². The van der Waals surface area contributed by atoms with Crippen molar-refractivity contribution in [2.75, 3.05) is 0 Å². The van der Waals surface area contributed by atoms with E-state index in [2.05, 4.69) is 6.92 Å². The van der Waals surface area contributed by atoms with Crippen LogP contribution in [0.3, 0.4) is 0 Å². The normalized spacial score (nSPS) is 11.6. The van der Waals surface area contributed by atoms with Gasteiger partial charge in [0.25, 0.3) is 9.05 Å². The molecule has 0 saturated carbocycles. The molecule has 0 bridgehead atoms. The maximum Gasteiger partial charge on any atom is 0.261 e. The van der Waals surface area contributed by atoms with Gasteiger partial charge in [0.15, 0.2) is 0 Å². The SMILES string of the molecule is CCCc1cc(S(=O)(=O)Cl)ccc1C. The first-order valence-corrected chi connectivity index (χ1v) is 6.80. The molecule has 0 atom stereocenters. The first-order valence-electron chi connectivity index (χ1n) is 4.49. The topological polar surface area (TPSA) is 34.1 Å². The van der Waals surface area contributed by atoms with E-state index in [9.17, 15) is 8.42 Å². The summed E-state index contributed by atoms with van der Waals surface area (Å²) >= 11 is 0. The third kappa shape index (κ3) is 2.72. The van der Waals surface area contributed by atoms with Gasteiger partial charge in [0, 0.05) is 10.7 Å². The van der Waals surface area contributed by atoms with Gasteiger partial charge >= 0.3 is 0 Å². The van der Waals surface area contributed by atoms with Crippen molar-refractivity contribution in [3.63, 3.8) is 0 Å². The van der Waals surface area contributed by atoms with Crippen molar-refractivity contribution in [2.24, 2.45) is 0 Å². The lowest BCUT2D eigenvalue weighted by atomic mass is 10.1. The number of benzene rings is 1. The molecule has 2 nitrogen and oxygen atoms in total. The molecular weight excluding hydrogens is 220 g/mol. The molecule has 0 aliphatic heterocycles. The largest absolute Gasteiger partial charge is 0.261 e. The first kappa shape index (κ1) is 11.5. The Morgan fingerprint density at radius 3 is 2.50 bits per heavy atom. The van der Waals surface area contributed by atoms with Gasteiger partial charge < -0.3 is 0 Å². The van der Waals surface area contributed by atoms with E-state index in [4.69, 9.17) is 10.7 Å². The molecule has 0 unspecified atom stereocenters. The Morgan fingerprint density at radius 1 is 1.36 bits per heavy atom. The van der Waals surface area contributed by atoms with Crippen molar-refractivity contribution in [3.8, 4) is 0 Å². The van der Waals surface area contributed by atoms with E-state index in [-0.39, 0.29) is 4.90 Å². The predicted molar refractivity (Wildman–Crippen MR) is 58.2 cm³/mol. The van der Waals surface area contributed by atoms with Crippen LogP contribution in [-0.4, -0.2) is 8.42 Å². The highest BCUT2D eigenvalue weighted by molar-refractivity contribution is 8.13. The molecule has 1 rings (SSSR count). The molecule has 1 aromatic rings. The number of rotatable bonds is 3. The summed E-state index contributed by atoms with van der Waals surface area (Å²) in [6.07, 6.45) is 1.87. The van der Waals surface area contributed by atoms with Crippen molar-refractivity contribution in [3.05, 3.63) is 29.3 Å². The van der Waals surface area contributed by atoms with E-state index < -0.39 is 9.05 Å². The van der Waals surface area contributed by atoms with Gasteiger partial charge in [0.05, 0.1) is 4.90 Å². The molecule has 78 valence electrons. The van der Waals surface area contributed by atoms with Gasteiger partial charge in [-0.25, -0.2) is 8.42 Å². The molecule has 1 aromatic carbocycles. The molecule has 0 heterocycles. The van der Waals surface area contributed by atoms with Crippen LogP contribution in [0.5, 0.6) is 0 Å². The number of aryl methyl sites for hydroxylation is 2. The highest BCUT2D eigenvalue weighted by atomic mass is 35.7. The van der Waals surface area contributed by atoms with Gasteiger partial charge in [-0.05, 0) is 36.6 Å². The van der Waals surface area contributed by atoms with Crippen LogP contribution in [0.15, 0.2) is 23.1 Å². The highest BCUT2D eigenvalue weighted by Gasteiger charge is 2.10. The summed E-state index contributed by atoms with van der Waals surface area (Å²) in [5.41, 5.74) is 2.16. The fourth-order valence-electron chi connectivity index (χ4n) is 1.34. The monoisotopic (exact) mass is 232 g/mol. The van der Waals surface area contributed by atoms with E-state index >= 15 is 0 Å². The average Bonchev–Trinajstić information content (AvgIpc) is 2.07. The Bertz CT molecular complexity index is 424. The van der Waals surface area contributed by atoms with Crippen molar-refractivity contribution in [2.45, 2.75) is 31.6 Å². The Hall–Kier alpha value is -0.540. The van der Waals surface area contributed by atoms with Crippen LogP contribution in [-0.2, 0) is 15.5 Å². The fourth-order valence-corrected chi connectivity index (χ4v) is 2.14. The van der Waals surface area contributed by atoms with Crippen molar-refractivity contribution in [1.29, 1.82) is 0 Å². The Morgan fingerprint density at radius 2 is 2.00 bits per heavy atom. The molecule has 0 N–H and O–H groups in total. The zero-order valence-corrected chi connectivity index (χ0v) is 9.82. The zero-order valence-electron chi connectivity index (χ0n) is 8.25. The number of halogens is 1. The second kappa shape index (κ2) is 4.32. The summed E-state index contributed by atoms with van der Waals surface area (Å²) in [6, 6.07) is 4.98. The lowest BCUT2D eigenvalue weighted by Gasteiger charge is -2.05. The number of hydrogen-bond donors (Lipinski definition) is 0. The summed E-state index contributed by atoms with van der Waals surface area (Å²) in [5, 5.41) is 0. The van der Waals surface area contributed by atoms with Crippen molar-refractivity contribution in [1.82, 2.24) is 0 Å². The molecule has 0 aliphatic carbocycles. The maximum atomic E-state index is 11.1. The molecule has 0 aliphatic rings. The zero-order chi connectivity index (χ0) is 10.8. The first-order chi connectivity index (χ1) is 6.45. The summed E-state index contributed by atoms with van der Waals surface area (Å²) in [6.45, 7) is 4.02. The molecule has 0 aromatic heterocycles. The molecule has 14 heavy (non-hydrogen) atoms. The van der Waals surface area contributed by atoms with Crippen LogP contribution < -0.4 is 0 Å². The minimum atomic E-state index is -3.59. The summed E-state index contributed by atoms with van der Waals surface area (Å²) in [5.74, 6) is 0. The van der Waals surface area contributed by atoms with Crippen LogP contribution in [0, 0.1) is 6.92 Å². The predicted octanol–water partition coefficient (Wildman–Crippen LogP) is 2.88. The molecule has 4 heteroatoms. The Kier molecular flexibility index (Phi) is 3.56. The molecule has 0 radical (unpaired) electrons. The van der Waals surface area contributed by atoms with Gasteiger partial charge in [0.1, 0.15) is 0 Å². The third-order valence-electron chi connectivity index (χ3n) is 2.12. The summed E-state index contributed by atoms with van der Waals surface area (Å²) < 4.78 is 22.1. The average molecular weight is 233 g/mol. The molecular formula is C10H13ClO2S. The van der Waals surface area contributed by atoms with Gasteiger partial charge in [-0.2, -0.15) is 0 Å². The lowest BCUT2D eigenvalue weighted by molar-refractivity contribution is 0.609. The van der Waals surface area contributed by atoms with E-state index in [1.807, 2.05) is 6.92 Å². The minimum absolute atomic E-state index is 0.188. The molecule has 0 saturated heterocycles. The standard InChI is InChI=1S/C10H13ClO2S/c1-3-4-9-7-10(14(11,12)13)6-5-8(9)2/h5-7H,3-4H2,1-2H3. The molecule has 0 fully saturated rings. The van der Waals surface area contributed by atoms with Crippen molar-refractivity contribution >= 4 is 19.7 Å². The van der Waals surface area contributed by atoms with Gasteiger partial charge in [-0.15, -0.1) is 0 Å². The Labute approximate surface area is 89.3 Å². The lowest BCUT2D eigenvalue weighted by Crippen LogP contribution is -1.95. The van der Waals surface area contributed by atoms with E-state index in [0.29, 0.717) is 0 Å². The van der Waals surface area contributed by atoms with Gasteiger partial charge in [0.2, 0.25) is 0 Å². The number of hydrogen-bond acceptors (Lipinski definition) is 2. The second-order valence-corrected chi connectivity index (χ2v) is 5.84. The summed E-state index contributed by atoms with van der Waals surface area (Å²) in [4.78, 5) is 0.188. The van der Waals surface area contributed by atoms with Crippen LogP contribution in [0.1, 0.15) is 24.5 Å². The van der Waals surface area contributed by atoms with Gasteiger partial charge in [-0.1, -0.05) is 19.4 Å².